The molecule has 5 heteroatoms. The Labute approximate surface area is 143 Å². The number of amides is 1. The molecule has 3 rings (SSSR count). The molecule has 0 radical (unpaired) electrons. The Balaban J connectivity index is 1.67. The van der Waals surface area contributed by atoms with Crippen molar-refractivity contribution in [2.75, 3.05) is 18.0 Å². The minimum absolute atomic E-state index is 0.0976. The van der Waals surface area contributed by atoms with E-state index in [0.29, 0.717) is 17.9 Å². The summed E-state index contributed by atoms with van der Waals surface area (Å²) in [6, 6.07) is 9.57. The van der Waals surface area contributed by atoms with Crippen LogP contribution in [0.2, 0.25) is 0 Å². The predicted octanol–water partition coefficient (Wildman–Crippen LogP) is 3.01. The molecule has 0 unspecified atom stereocenters. The van der Waals surface area contributed by atoms with Crippen molar-refractivity contribution < 1.29 is 4.79 Å². The Bertz CT molecular complexity index is 706. The van der Waals surface area contributed by atoms with Gasteiger partial charge in [-0.3, -0.25) is 4.79 Å². The lowest BCUT2D eigenvalue weighted by Gasteiger charge is -2.28. The third kappa shape index (κ3) is 4.10. The number of rotatable bonds is 4. The Kier molecular flexibility index (Phi) is 5.08. The van der Waals surface area contributed by atoms with Gasteiger partial charge in [0.05, 0.1) is 6.54 Å². The average molecular weight is 324 g/mol. The molecule has 1 aliphatic heterocycles. The van der Waals surface area contributed by atoms with Crippen LogP contribution in [0.1, 0.15) is 46.7 Å². The fourth-order valence-corrected chi connectivity index (χ4v) is 2.94. The maximum absolute atomic E-state index is 12.2. The Morgan fingerprint density at radius 3 is 2.50 bits per heavy atom. The summed E-state index contributed by atoms with van der Waals surface area (Å²) < 4.78 is 0. The van der Waals surface area contributed by atoms with Crippen LogP contribution in [-0.2, 0) is 6.54 Å². The quantitative estimate of drug-likeness (QED) is 0.939. The summed E-state index contributed by atoms with van der Waals surface area (Å²) >= 11 is 0. The van der Waals surface area contributed by atoms with Gasteiger partial charge in [-0.25, -0.2) is 9.97 Å². The van der Waals surface area contributed by atoms with Crippen molar-refractivity contribution in [3.63, 3.8) is 0 Å². The minimum atomic E-state index is -0.0976. The summed E-state index contributed by atoms with van der Waals surface area (Å²) in [5.41, 5.74) is 2.73. The van der Waals surface area contributed by atoms with Crippen LogP contribution in [0, 0.1) is 13.8 Å². The number of carbonyl (C=O) groups excluding carboxylic acids is 1. The molecule has 24 heavy (non-hydrogen) atoms. The topological polar surface area (TPSA) is 58.1 Å². The number of anilines is 1. The highest BCUT2D eigenvalue weighted by atomic mass is 16.1. The van der Waals surface area contributed by atoms with Crippen molar-refractivity contribution in [1.29, 1.82) is 0 Å². The molecular formula is C19H24N4O. The summed E-state index contributed by atoms with van der Waals surface area (Å²) in [7, 11) is 0. The second kappa shape index (κ2) is 7.43. The van der Waals surface area contributed by atoms with Crippen LogP contribution in [-0.4, -0.2) is 29.0 Å². The van der Waals surface area contributed by atoms with E-state index in [0.717, 1.165) is 30.2 Å². The molecule has 2 aromatic rings. The van der Waals surface area contributed by atoms with Crippen LogP contribution < -0.4 is 10.2 Å². The van der Waals surface area contributed by atoms with Crippen LogP contribution in [0.15, 0.2) is 30.3 Å². The van der Waals surface area contributed by atoms with E-state index >= 15 is 0 Å². The van der Waals surface area contributed by atoms with Gasteiger partial charge in [0.2, 0.25) is 0 Å². The molecule has 1 N–H and O–H groups in total. The van der Waals surface area contributed by atoms with Gasteiger partial charge in [0.15, 0.2) is 0 Å². The smallest absolute Gasteiger partial charge is 0.251 e. The molecule has 0 spiro atoms. The number of nitrogens with zero attached hydrogens (tertiary/aromatic N) is 3. The lowest BCUT2D eigenvalue weighted by Crippen LogP contribution is -2.31. The summed E-state index contributed by atoms with van der Waals surface area (Å²) in [6.45, 7) is 6.41. The maximum atomic E-state index is 12.2. The molecule has 0 saturated carbocycles. The van der Waals surface area contributed by atoms with Crippen molar-refractivity contribution in [2.45, 2.75) is 39.7 Å². The van der Waals surface area contributed by atoms with Gasteiger partial charge in [0.25, 0.3) is 5.91 Å². The first kappa shape index (κ1) is 16.4. The highest BCUT2D eigenvalue weighted by Crippen LogP contribution is 2.18. The van der Waals surface area contributed by atoms with Gasteiger partial charge in [-0.05, 0) is 45.2 Å². The van der Waals surface area contributed by atoms with E-state index in [4.69, 9.17) is 0 Å². The number of benzene rings is 1. The number of carbonyl (C=O) groups is 1. The summed E-state index contributed by atoms with van der Waals surface area (Å²) in [6.07, 6.45) is 3.71. The average Bonchev–Trinajstić information content (AvgIpc) is 2.60. The van der Waals surface area contributed by atoms with E-state index in [2.05, 4.69) is 20.2 Å². The minimum Gasteiger partial charge on any atom is -0.357 e. The molecule has 1 aromatic heterocycles. The van der Waals surface area contributed by atoms with E-state index in [1.54, 1.807) is 0 Å². The molecule has 1 amide bonds. The highest BCUT2D eigenvalue weighted by Gasteiger charge is 2.14. The molecule has 0 atom stereocenters. The number of nitrogens with one attached hydrogen (secondary N) is 1. The zero-order chi connectivity index (χ0) is 16.9. The van der Waals surface area contributed by atoms with Crippen LogP contribution >= 0.6 is 0 Å². The van der Waals surface area contributed by atoms with Crippen molar-refractivity contribution in [2.24, 2.45) is 0 Å². The van der Waals surface area contributed by atoms with E-state index in [9.17, 15) is 4.79 Å². The Morgan fingerprint density at radius 1 is 1.08 bits per heavy atom. The number of aryl methyl sites for hydroxylation is 2. The van der Waals surface area contributed by atoms with Gasteiger partial charge in [0.1, 0.15) is 11.6 Å². The molecular weight excluding hydrogens is 300 g/mol. The first-order valence-corrected chi connectivity index (χ1v) is 8.56. The predicted molar refractivity (Wildman–Crippen MR) is 95.2 cm³/mol. The van der Waals surface area contributed by atoms with Gasteiger partial charge in [-0.15, -0.1) is 0 Å². The van der Waals surface area contributed by atoms with Crippen molar-refractivity contribution >= 4 is 11.7 Å². The first-order chi connectivity index (χ1) is 11.6. The van der Waals surface area contributed by atoms with Crippen LogP contribution in [0.3, 0.4) is 0 Å². The molecule has 0 bridgehead atoms. The third-order valence-corrected chi connectivity index (χ3v) is 4.29. The van der Waals surface area contributed by atoms with E-state index in [-0.39, 0.29) is 5.91 Å². The second-order valence-electron chi connectivity index (χ2n) is 6.38. The summed E-state index contributed by atoms with van der Waals surface area (Å²) in [5.74, 6) is 1.54. The van der Waals surface area contributed by atoms with Crippen LogP contribution in [0.5, 0.6) is 0 Å². The van der Waals surface area contributed by atoms with Gasteiger partial charge in [0, 0.05) is 30.4 Å². The molecule has 1 aliphatic rings. The SMILES string of the molecule is Cc1ccc(C(=O)NCc2nc(C)cc(N3CCCCC3)n2)cc1. The van der Waals surface area contributed by atoms with E-state index in [1.165, 1.54) is 19.3 Å². The highest BCUT2D eigenvalue weighted by molar-refractivity contribution is 5.94. The van der Waals surface area contributed by atoms with Gasteiger partial charge < -0.3 is 10.2 Å². The maximum Gasteiger partial charge on any atom is 0.251 e. The molecule has 2 heterocycles. The van der Waals surface area contributed by atoms with Crippen LogP contribution in [0.4, 0.5) is 5.82 Å². The summed E-state index contributed by atoms with van der Waals surface area (Å²) in [4.78, 5) is 23.6. The fourth-order valence-electron chi connectivity index (χ4n) is 2.94. The first-order valence-electron chi connectivity index (χ1n) is 8.56. The number of aromatic nitrogens is 2. The lowest BCUT2D eigenvalue weighted by molar-refractivity contribution is 0.0950. The largest absolute Gasteiger partial charge is 0.357 e. The summed E-state index contributed by atoms with van der Waals surface area (Å²) in [5, 5.41) is 2.91. The molecule has 126 valence electrons. The second-order valence-corrected chi connectivity index (χ2v) is 6.38. The zero-order valence-corrected chi connectivity index (χ0v) is 14.4. The van der Waals surface area contributed by atoms with Gasteiger partial charge in [-0.1, -0.05) is 17.7 Å². The number of hydrogen-bond donors (Lipinski definition) is 1. The van der Waals surface area contributed by atoms with Gasteiger partial charge >= 0.3 is 0 Å². The molecule has 1 saturated heterocycles. The normalized spacial score (nSPS) is 14.5. The van der Waals surface area contributed by atoms with Crippen molar-refractivity contribution in [3.8, 4) is 0 Å². The van der Waals surface area contributed by atoms with Crippen molar-refractivity contribution in [1.82, 2.24) is 15.3 Å². The number of hydrogen-bond acceptors (Lipinski definition) is 4. The standard InChI is InChI=1S/C19H24N4O/c1-14-6-8-16(9-7-14)19(24)20-13-17-21-15(2)12-18(22-17)23-10-4-3-5-11-23/h6-9,12H,3-5,10-11,13H2,1-2H3,(H,20,24). The monoisotopic (exact) mass is 324 g/mol. The molecule has 0 aliphatic carbocycles. The van der Waals surface area contributed by atoms with Crippen molar-refractivity contribution in [3.05, 3.63) is 53.0 Å². The molecule has 1 fully saturated rings. The number of piperidine rings is 1. The third-order valence-electron chi connectivity index (χ3n) is 4.29. The Hall–Kier alpha value is -2.43. The van der Waals surface area contributed by atoms with Crippen LogP contribution in [0.25, 0.3) is 0 Å². The van der Waals surface area contributed by atoms with Gasteiger partial charge in [-0.2, -0.15) is 0 Å². The van der Waals surface area contributed by atoms with E-state index in [1.807, 2.05) is 44.2 Å². The molecule has 1 aromatic carbocycles. The lowest BCUT2D eigenvalue weighted by atomic mass is 10.1. The van der Waals surface area contributed by atoms with E-state index < -0.39 is 0 Å². The molecule has 5 nitrogen and oxygen atoms in total. The fraction of sp³-hybridized carbons (Fsp3) is 0.421. The zero-order valence-electron chi connectivity index (χ0n) is 14.4. The Morgan fingerprint density at radius 2 is 1.79 bits per heavy atom.